The van der Waals surface area contributed by atoms with Crippen LogP contribution < -0.4 is 9.47 Å². The molecule has 0 aliphatic carbocycles. The zero-order valence-corrected chi connectivity index (χ0v) is 18.8. The van der Waals surface area contributed by atoms with Gasteiger partial charge in [0, 0.05) is 31.3 Å². The van der Waals surface area contributed by atoms with Gasteiger partial charge in [0.1, 0.15) is 11.9 Å². The lowest BCUT2D eigenvalue weighted by atomic mass is 9.97. The molecular weight excluding hydrogens is 463 g/mol. The van der Waals surface area contributed by atoms with Crippen molar-refractivity contribution in [3.63, 3.8) is 0 Å². The largest absolute Gasteiger partial charge is 0.493 e. The number of likely N-dealkylation sites (tertiary alicyclic amines) is 1. The normalized spacial score (nSPS) is 16.4. The highest BCUT2D eigenvalue weighted by Gasteiger charge is 2.32. The first-order chi connectivity index (χ1) is 16.8. The van der Waals surface area contributed by atoms with Crippen molar-refractivity contribution in [1.29, 1.82) is 5.26 Å². The second kappa shape index (κ2) is 10.0. The Morgan fingerprint density at radius 2 is 2.09 bits per heavy atom. The van der Waals surface area contributed by atoms with Crippen LogP contribution in [0.25, 0.3) is 11.7 Å². The van der Waals surface area contributed by atoms with E-state index in [1.807, 2.05) is 6.07 Å². The molecule has 2 aromatic heterocycles. The molecule has 0 radical (unpaired) electrons. The average Bonchev–Trinajstić information content (AvgIpc) is 3.29. The summed E-state index contributed by atoms with van der Waals surface area (Å²) in [5.74, 6) is 0.806. The lowest BCUT2D eigenvalue weighted by molar-refractivity contribution is -0.137. The number of alkyl halides is 3. The first-order valence-corrected chi connectivity index (χ1v) is 10.9. The summed E-state index contributed by atoms with van der Waals surface area (Å²) >= 11 is 0. The van der Waals surface area contributed by atoms with E-state index in [0.29, 0.717) is 54.5 Å². The van der Waals surface area contributed by atoms with E-state index in [1.165, 1.54) is 23.7 Å². The van der Waals surface area contributed by atoms with Crippen molar-refractivity contribution in [3.05, 3.63) is 59.6 Å². The molecular formula is C24H22F3N5O3. The summed E-state index contributed by atoms with van der Waals surface area (Å²) in [6.45, 7) is 0.748. The Kier molecular flexibility index (Phi) is 6.91. The maximum Gasteiger partial charge on any atom is 0.417 e. The van der Waals surface area contributed by atoms with Crippen LogP contribution in [0.15, 0.2) is 42.6 Å². The molecule has 1 aromatic carbocycles. The SMILES string of the molecule is COc1cc(/C=C/C(=O)N2CCCC(c3nnc4ccc(C(F)(F)F)cn34)C2)ccc1OCC#N. The van der Waals surface area contributed by atoms with Crippen LogP contribution in [0.2, 0.25) is 0 Å². The molecule has 3 heterocycles. The minimum Gasteiger partial charge on any atom is -0.493 e. The third kappa shape index (κ3) is 5.37. The fraction of sp³-hybridized carbons (Fsp3) is 0.333. The van der Waals surface area contributed by atoms with Crippen LogP contribution in [0.3, 0.4) is 0 Å². The van der Waals surface area contributed by atoms with Gasteiger partial charge in [-0.2, -0.15) is 18.4 Å². The van der Waals surface area contributed by atoms with Gasteiger partial charge >= 0.3 is 6.18 Å². The molecule has 1 aliphatic heterocycles. The topological polar surface area (TPSA) is 92.8 Å². The number of nitrogens with zero attached hydrogens (tertiary/aromatic N) is 5. The predicted octanol–water partition coefficient (Wildman–Crippen LogP) is 4.08. The molecule has 35 heavy (non-hydrogen) atoms. The summed E-state index contributed by atoms with van der Waals surface area (Å²) in [6.07, 6.45) is 0.991. The molecule has 1 fully saturated rings. The third-order valence-electron chi connectivity index (χ3n) is 5.75. The molecule has 3 aromatic rings. The van der Waals surface area contributed by atoms with Gasteiger partial charge in [-0.1, -0.05) is 6.07 Å². The molecule has 1 saturated heterocycles. The van der Waals surface area contributed by atoms with Gasteiger partial charge in [0.15, 0.2) is 23.8 Å². The Morgan fingerprint density at radius 3 is 2.83 bits per heavy atom. The monoisotopic (exact) mass is 485 g/mol. The number of pyridine rings is 1. The number of methoxy groups -OCH3 is 1. The van der Waals surface area contributed by atoms with E-state index in [0.717, 1.165) is 12.3 Å². The molecule has 182 valence electrons. The molecule has 0 saturated carbocycles. The van der Waals surface area contributed by atoms with Gasteiger partial charge in [-0.15, -0.1) is 10.2 Å². The van der Waals surface area contributed by atoms with Crippen LogP contribution in [-0.4, -0.2) is 52.2 Å². The van der Waals surface area contributed by atoms with Crippen molar-refractivity contribution in [2.45, 2.75) is 24.9 Å². The summed E-state index contributed by atoms with van der Waals surface area (Å²) in [6, 6.07) is 9.24. The Labute approximate surface area is 199 Å². The zero-order valence-electron chi connectivity index (χ0n) is 18.8. The van der Waals surface area contributed by atoms with E-state index < -0.39 is 11.7 Å². The van der Waals surface area contributed by atoms with Crippen molar-refractivity contribution >= 4 is 17.6 Å². The molecule has 1 amide bonds. The van der Waals surface area contributed by atoms with Gasteiger partial charge in [0.2, 0.25) is 5.91 Å². The summed E-state index contributed by atoms with van der Waals surface area (Å²) in [5, 5.41) is 16.8. The molecule has 1 unspecified atom stereocenters. The fourth-order valence-electron chi connectivity index (χ4n) is 4.03. The molecule has 1 aliphatic rings. The van der Waals surface area contributed by atoms with Crippen LogP contribution in [0.1, 0.15) is 35.7 Å². The molecule has 1 atom stereocenters. The zero-order chi connectivity index (χ0) is 25.0. The van der Waals surface area contributed by atoms with Crippen molar-refractivity contribution in [2.24, 2.45) is 0 Å². The number of rotatable bonds is 6. The minimum absolute atomic E-state index is 0.112. The van der Waals surface area contributed by atoms with Crippen LogP contribution in [0.4, 0.5) is 13.2 Å². The number of hydrogen-bond acceptors (Lipinski definition) is 6. The fourth-order valence-corrected chi connectivity index (χ4v) is 4.03. The maximum absolute atomic E-state index is 13.2. The smallest absolute Gasteiger partial charge is 0.417 e. The molecule has 0 N–H and O–H groups in total. The summed E-state index contributed by atoms with van der Waals surface area (Å²) in [7, 11) is 1.48. The number of ether oxygens (including phenoxy) is 2. The van der Waals surface area contributed by atoms with Crippen molar-refractivity contribution in [2.75, 3.05) is 26.8 Å². The molecule has 4 rings (SSSR count). The van der Waals surface area contributed by atoms with Gasteiger partial charge in [-0.3, -0.25) is 9.20 Å². The second-order valence-electron chi connectivity index (χ2n) is 8.02. The maximum atomic E-state index is 13.2. The lowest BCUT2D eigenvalue weighted by Crippen LogP contribution is -2.38. The highest BCUT2D eigenvalue weighted by Crippen LogP contribution is 2.32. The van der Waals surface area contributed by atoms with Crippen LogP contribution >= 0.6 is 0 Å². The molecule has 11 heteroatoms. The number of halogens is 3. The summed E-state index contributed by atoms with van der Waals surface area (Å²) in [5.41, 5.74) is 0.251. The summed E-state index contributed by atoms with van der Waals surface area (Å²) in [4.78, 5) is 14.5. The number of piperidine rings is 1. The predicted molar refractivity (Wildman–Crippen MR) is 120 cm³/mol. The molecule has 8 nitrogen and oxygen atoms in total. The quantitative estimate of drug-likeness (QED) is 0.489. The number of nitriles is 1. The average molecular weight is 485 g/mol. The number of aromatic nitrogens is 3. The standard InChI is InChI=1S/C24H22F3N5O3/c1-34-20-13-16(4-7-19(20)35-12-10-28)5-9-22(33)31-11-2-3-17(14-31)23-30-29-21-8-6-18(15-32(21)23)24(25,26)27/h4-9,13,15,17H,2-3,11-12,14H2,1H3/b9-5+. The van der Waals surface area contributed by atoms with Crippen LogP contribution in [-0.2, 0) is 11.0 Å². The van der Waals surface area contributed by atoms with Gasteiger partial charge in [0.25, 0.3) is 0 Å². The van der Waals surface area contributed by atoms with Gasteiger partial charge in [-0.05, 0) is 48.7 Å². The Morgan fingerprint density at radius 1 is 1.26 bits per heavy atom. The van der Waals surface area contributed by atoms with Crippen LogP contribution in [0.5, 0.6) is 11.5 Å². The lowest BCUT2D eigenvalue weighted by Gasteiger charge is -2.31. The number of hydrogen-bond donors (Lipinski definition) is 0. The van der Waals surface area contributed by atoms with Gasteiger partial charge in [0.05, 0.1) is 12.7 Å². The van der Waals surface area contributed by atoms with E-state index in [9.17, 15) is 18.0 Å². The van der Waals surface area contributed by atoms with Gasteiger partial charge in [-0.25, -0.2) is 0 Å². The van der Waals surface area contributed by atoms with E-state index in [4.69, 9.17) is 14.7 Å². The first-order valence-electron chi connectivity index (χ1n) is 10.9. The highest BCUT2D eigenvalue weighted by molar-refractivity contribution is 5.92. The summed E-state index contributed by atoms with van der Waals surface area (Å²) < 4.78 is 51.4. The number of fused-ring (bicyclic) bond motifs is 1. The van der Waals surface area contributed by atoms with Crippen LogP contribution in [0, 0.1) is 11.3 Å². The van der Waals surface area contributed by atoms with Crippen molar-refractivity contribution in [1.82, 2.24) is 19.5 Å². The number of amides is 1. The van der Waals surface area contributed by atoms with Crippen molar-refractivity contribution < 1.29 is 27.4 Å². The second-order valence-corrected chi connectivity index (χ2v) is 8.02. The van der Waals surface area contributed by atoms with E-state index in [1.54, 1.807) is 29.2 Å². The number of carbonyl (C=O) groups is 1. The van der Waals surface area contributed by atoms with Gasteiger partial charge < -0.3 is 14.4 Å². The van der Waals surface area contributed by atoms with Crippen molar-refractivity contribution in [3.8, 4) is 17.6 Å². The van der Waals surface area contributed by atoms with E-state index >= 15 is 0 Å². The third-order valence-corrected chi connectivity index (χ3v) is 5.75. The Bertz CT molecular complexity index is 1300. The minimum atomic E-state index is -4.47. The first kappa shape index (κ1) is 24.1. The van der Waals surface area contributed by atoms with E-state index in [-0.39, 0.29) is 18.4 Å². The Balaban J connectivity index is 1.48. The Hall–Kier alpha value is -4.07. The highest BCUT2D eigenvalue weighted by atomic mass is 19.4. The number of carbonyl (C=O) groups excluding carboxylic acids is 1. The number of benzene rings is 1. The molecule has 0 bridgehead atoms. The molecule has 0 spiro atoms. The van der Waals surface area contributed by atoms with E-state index in [2.05, 4.69) is 10.2 Å².